The Hall–Kier alpha value is -2.53. The summed E-state index contributed by atoms with van der Waals surface area (Å²) in [7, 11) is 2.26. The van der Waals surface area contributed by atoms with Crippen molar-refractivity contribution in [2.45, 2.75) is 50.8 Å². The first-order chi connectivity index (χ1) is 13.6. The van der Waals surface area contributed by atoms with Gasteiger partial charge in [-0.3, -0.25) is 0 Å². The summed E-state index contributed by atoms with van der Waals surface area (Å²) in [5.41, 5.74) is 5.30. The molecule has 2 N–H and O–H groups in total. The molecule has 0 amide bonds. The molecule has 1 fully saturated rings. The van der Waals surface area contributed by atoms with Crippen molar-refractivity contribution in [3.63, 3.8) is 0 Å². The number of hydrogen-bond acceptors (Lipinski definition) is 4. The lowest BCUT2D eigenvalue weighted by atomic mass is 9.74. The number of likely N-dealkylation sites (tertiary alicyclic amines) is 1. The van der Waals surface area contributed by atoms with Gasteiger partial charge in [-0.2, -0.15) is 0 Å². The Labute approximate surface area is 166 Å². The predicted molar refractivity (Wildman–Crippen MR) is 113 cm³/mol. The summed E-state index contributed by atoms with van der Waals surface area (Å²) in [4.78, 5) is 10.4. The number of ether oxygens (including phenoxy) is 1. The molecule has 0 saturated carbocycles. The topological polar surface area (TPSA) is 53.2 Å². The van der Waals surface area contributed by atoms with Crippen LogP contribution in [0.3, 0.4) is 0 Å². The molecule has 1 saturated heterocycles. The second-order valence-corrected chi connectivity index (χ2v) is 8.53. The van der Waals surface area contributed by atoms with Crippen molar-refractivity contribution in [1.82, 2.24) is 14.9 Å². The maximum Gasteiger partial charge on any atom is 0.213 e. The number of fused-ring (bicyclic) bond motifs is 2. The molecule has 1 aliphatic heterocycles. The highest BCUT2D eigenvalue weighted by atomic mass is 16.5. The number of pyridine rings is 1. The summed E-state index contributed by atoms with van der Waals surface area (Å²) in [6, 6.07) is 11.7. The van der Waals surface area contributed by atoms with E-state index in [9.17, 15) is 0 Å². The van der Waals surface area contributed by atoms with Crippen molar-refractivity contribution >= 4 is 16.6 Å². The molecule has 2 aromatic heterocycles. The molecule has 1 unspecified atom stereocenters. The first-order valence-corrected chi connectivity index (χ1v) is 10.3. The third-order valence-corrected chi connectivity index (χ3v) is 6.19. The van der Waals surface area contributed by atoms with E-state index in [1.54, 1.807) is 0 Å². The van der Waals surface area contributed by atoms with Crippen LogP contribution in [0, 0.1) is 0 Å². The molecule has 3 aromatic rings. The van der Waals surface area contributed by atoms with Crippen LogP contribution in [-0.4, -0.2) is 46.6 Å². The zero-order valence-corrected chi connectivity index (χ0v) is 16.8. The smallest absolute Gasteiger partial charge is 0.213 e. The summed E-state index contributed by atoms with van der Waals surface area (Å²) >= 11 is 0. The number of H-pyrrole nitrogens is 1. The Kier molecular flexibility index (Phi) is 4.27. The van der Waals surface area contributed by atoms with Gasteiger partial charge in [-0.15, -0.1) is 0 Å². The summed E-state index contributed by atoms with van der Waals surface area (Å²) in [6.45, 7) is 5.08. The first-order valence-electron chi connectivity index (χ1n) is 10.3. The minimum Gasteiger partial charge on any atom is -0.475 e. The molecule has 28 heavy (non-hydrogen) atoms. The van der Waals surface area contributed by atoms with Crippen molar-refractivity contribution in [3.8, 4) is 5.88 Å². The van der Waals surface area contributed by atoms with Gasteiger partial charge in [0.15, 0.2) is 0 Å². The molecule has 3 atom stereocenters. The lowest BCUT2D eigenvalue weighted by Gasteiger charge is -2.45. The van der Waals surface area contributed by atoms with E-state index in [2.05, 4.69) is 57.7 Å². The molecule has 0 bridgehead atoms. The van der Waals surface area contributed by atoms with Crippen molar-refractivity contribution in [1.29, 1.82) is 0 Å². The number of aromatic amines is 1. The van der Waals surface area contributed by atoms with E-state index < -0.39 is 0 Å². The van der Waals surface area contributed by atoms with Gasteiger partial charge in [0.25, 0.3) is 0 Å². The standard InChI is InChI=1S/C23H28N4O/c1-14(2)28-22-8-7-16(12-25-22)26-17-10-19-18-5-4-6-20-23(18)15(11-24-20)9-21(19)27(3)13-17/h4-8,11-12,14,17,19,21,24,26H,9-10,13H2,1-3H3/t17-,19?,21+/m0/s1. The number of rotatable bonds is 4. The molecule has 5 heteroatoms. The summed E-state index contributed by atoms with van der Waals surface area (Å²) < 4.78 is 5.65. The molecule has 146 valence electrons. The number of piperidine rings is 1. The van der Waals surface area contributed by atoms with Gasteiger partial charge in [-0.1, -0.05) is 12.1 Å². The third kappa shape index (κ3) is 3.04. The molecule has 1 aliphatic carbocycles. The van der Waals surface area contributed by atoms with E-state index in [-0.39, 0.29) is 6.10 Å². The van der Waals surface area contributed by atoms with Gasteiger partial charge in [0.05, 0.1) is 18.0 Å². The molecular formula is C23H28N4O. The van der Waals surface area contributed by atoms with Crippen molar-refractivity contribution in [2.24, 2.45) is 0 Å². The molecule has 2 aliphatic rings. The molecule has 5 nitrogen and oxygen atoms in total. The zero-order valence-electron chi connectivity index (χ0n) is 16.8. The number of hydrogen-bond donors (Lipinski definition) is 2. The number of anilines is 1. The maximum absolute atomic E-state index is 5.65. The third-order valence-electron chi connectivity index (χ3n) is 6.19. The molecular weight excluding hydrogens is 348 g/mol. The first kappa shape index (κ1) is 17.6. The van der Waals surface area contributed by atoms with E-state index in [1.165, 1.54) is 22.0 Å². The highest BCUT2D eigenvalue weighted by Crippen LogP contribution is 2.43. The minimum atomic E-state index is 0.141. The SMILES string of the molecule is CC(C)Oc1ccc(N[C@H]2CC3c4cccc5[nH]cc(c45)C[C@H]3N(C)C2)cn1. The molecule has 3 heterocycles. The second kappa shape index (κ2) is 6.82. The quantitative estimate of drug-likeness (QED) is 0.717. The number of aromatic nitrogens is 2. The largest absolute Gasteiger partial charge is 0.475 e. The van der Waals surface area contributed by atoms with E-state index in [4.69, 9.17) is 4.74 Å². The van der Waals surface area contributed by atoms with Crippen LogP contribution in [0.1, 0.15) is 37.3 Å². The lowest BCUT2D eigenvalue weighted by molar-refractivity contribution is 0.147. The van der Waals surface area contributed by atoms with Gasteiger partial charge >= 0.3 is 0 Å². The Morgan fingerprint density at radius 2 is 2.14 bits per heavy atom. The average Bonchev–Trinajstić information content (AvgIpc) is 3.08. The minimum absolute atomic E-state index is 0.141. The van der Waals surface area contributed by atoms with E-state index in [0.29, 0.717) is 23.9 Å². The van der Waals surface area contributed by atoms with Crippen LogP contribution in [0.5, 0.6) is 5.88 Å². The van der Waals surface area contributed by atoms with Gasteiger partial charge in [0.2, 0.25) is 5.88 Å². The van der Waals surface area contributed by atoms with Gasteiger partial charge in [0, 0.05) is 47.7 Å². The van der Waals surface area contributed by atoms with Crippen LogP contribution in [0.15, 0.2) is 42.7 Å². The normalized spacial score (nSPS) is 24.4. The Balaban J connectivity index is 1.37. The Morgan fingerprint density at radius 3 is 2.93 bits per heavy atom. The lowest BCUT2D eigenvalue weighted by Crippen LogP contribution is -2.51. The molecule has 1 aromatic carbocycles. The number of nitrogens with one attached hydrogen (secondary N) is 2. The monoisotopic (exact) mass is 376 g/mol. The number of benzene rings is 1. The number of nitrogens with zero attached hydrogens (tertiary/aromatic N) is 2. The fourth-order valence-electron chi connectivity index (χ4n) is 5.06. The maximum atomic E-state index is 5.65. The van der Waals surface area contributed by atoms with E-state index in [1.807, 2.05) is 26.1 Å². The average molecular weight is 377 g/mol. The van der Waals surface area contributed by atoms with Crippen molar-refractivity contribution < 1.29 is 4.74 Å². The summed E-state index contributed by atoms with van der Waals surface area (Å²) in [5, 5.41) is 5.16. The van der Waals surface area contributed by atoms with Crippen LogP contribution in [0.2, 0.25) is 0 Å². The van der Waals surface area contributed by atoms with Gasteiger partial charge in [-0.25, -0.2) is 4.98 Å². The molecule has 0 spiro atoms. The fourth-order valence-corrected chi connectivity index (χ4v) is 5.06. The van der Waals surface area contributed by atoms with Crippen LogP contribution in [-0.2, 0) is 6.42 Å². The second-order valence-electron chi connectivity index (χ2n) is 8.53. The van der Waals surface area contributed by atoms with Gasteiger partial charge in [-0.05, 0) is 57.0 Å². The molecule has 0 radical (unpaired) electrons. The highest BCUT2D eigenvalue weighted by Gasteiger charge is 2.39. The van der Waals surface area contributed by atoms with Crippen LogP contribution < -0.4 is 10.1 Å². The van der Waals surface area contributed by atoms with Crippen molar-refractivity contribution in [3.05, 3.63) is 53.9 Å². The van der Waals surface area contributed by atoms with E-state index >= 15 is 0 Å². The molecule has 5 rings (SSSR count). The van der Waals surface area contributed by atoms with Crippen LogP contribution in [0.25, 0.3) is 10.9 Å². The predicted octanol–water partition coefficient (Wildman–Crippen LogP) is 4.17. The summed E-state index contributed by atoms with van der Waals surface area (Å²) in [5.74, 6) is 1.24. The van der Waals surface area contributed by atoms with Crippen LogP contribution >= 0.6 is 0 Å². The highest BCUT2D eigenvalue weighted by molar-refractivity contribution is 5.88. The number of likely N-dealkylation sites (N-methyl/N-ethyl adjacent to an activating group) is 1. The van der Waals surface area contributed by atoms with Crippen LogP contribution in [0.4, 0.5) is 5.69 Å². The van der Waals surface area contributed by atoms with Gasteiger partial charge in [0.1, 0.15) is 0 Å². The van der Waals surface area contributed by atoms with Gasteiger partial charge < -0.3 is 19.9 Å². The summed E-state index contributed by atoms with van der Waals surface area (Å²) in [6.07, 6.45) is 6.50. The Morgan fingerprint density at radius 1 is 1.25 bits per heavy atom. The van der Waals surface area contributed by atoms with E-state index in [0.717, 1.165) is 25.1 Å². The Bertz CT molecular complexity index is 978. The zero-order chi connectivity index (χ0) is 19.3. The fraction of sp³-hybridized carbons (Fsp3) is 0.435. The van der Waals surface area contributed by atoms with Crippen molar-refractivity contribution in [2.75, 3.05) is 18.9 Å².